The molecule has 3 heterocycles. The van der Waals surface area contributed by atoms with Crippen molar-refractivity contribution in [1.82, 2.24) is 10.3 Å². The van der Waals surface area contributed by atoms with Gasteiger partial charge in [0.1, 0.15) is 5.82 Å². The summed E-state index contributed by atoms with van der Waals surface area (Å²) in [5.41, 5.74) is 4.43. The number of halogens is 1. The number of anilines is 1. The van der Waals surface area contributed by atoms with Gasteiger partial charge in [-0.3, -0.25) is 4.79 Å². The van der Waals surface area contributed by atoms with E-state index in [1.54, 1.807) is 17.5 Å². The second kappa shape index (κ2) is 7.46. The number of nitrogens with zero attached hydrogens (tertiary/aromatic N) is 1. The van der Waals surface area contributed by atoms with Crippen LogP contribution >= 0.6 is 11.3 Å². The van der Waals surface area contributed by atoms with E-state index in [0.717, 1.165) is 36.1 Å². The number of aromatic amines is 1. The Morgan fingerprint density at radius 1 is 1.14 bits per heavy atom. The molecular formula is C23H20FN3OS. The molecule has 1 aliphatic heterocycles. The lowest BCUT2D eigenvalue weighted by Gasteiger charge is -2.35. The van der Waals surface area contributed by atoms with E-state index in [1.165, 1.54) is 30.0 Å². The molecule has 146 valence electrons. The number of piperazine rings is 1. The van der Waals surface area contributed by atoms with E-state index < -0.39 is 0 Å². The van der Waals surface area contributed by atoms with Crippen molar-refractivity contribution in [2.75, 3.05) is 24.5 Å². The van der Waals surface area contributed by atoms with Crippen molar-refractivity contribution in [3.63, 3.8) is 0 Å². The first-order chi connectivity index (χ1) is 14.2. The molecule has 4 nitrogen and oxygen atoms in total. The van der Waals surface area contributed by atoms with Crippen LogP contribution in [0.5, 0.6) is 0 Å². The zero-order valence-corrected chi connectivity index (χ0v) is 16.5. The molecule has 1 atom stereocenters. The predicted octanol–water partition coefficient (Wildman–Crippen LogP) is 4.75. The van der Waals surface area contributed by atoms with Gasteiger partial charge in [0.15, 0.2) is 5.78 Å². The Bertz CT molecular complexity index is 1150. The highest BCUT2D eigenvalue weighted by molar-refractivity contribution is 7.08. The molecule has 2 aromatic carbocycles. The summed E-state index contributed by atoms with van der Waals surface area (Å²) >= 11 is 1.71. The van der Waals surface area contributed by atoms with Crippen molar-refractivity contribution in [2.45, 2.75) is 6.04 Å². The Labute approximate surface area is 172 Å². The molecule has 0 radical (unpaired) electrons. The summed E-state index contributed by atoms with van der Waals surface area (Å²) in [6.07, 6.45) is 1.74. The number of rotatable bonds is 4. The largest absolute Gasteiger partial charge is 0.368 e. The number of hydrogen-bond acceptors (Lipinski definition) is 4. The van der Waals surface area contributed by atoms with E-state index >= 15 is 0 Å². The maximum atomic E-state index is 13.2. The fourth-order valence-corrected chi connectivity index (χ4v) is 4.61. The lowest BCUT2D eigenvalue weighted by molar-refractivity contribution is 0.104. The molecule has 0 aliphatic carbocycles. The summed E-state index contributed by atoms with van der Waals surface area (Å²) in [4.78, 5) is 18.5. The van der Waals surface area contributed by atoms with Gasteiger partial charge in [-0.2, -0.15) is 11.3 Å². The normalized spacial score (nSPS) is 17.0. The Balaban J connectivity index is 1.46. The molecule has 6 heteroatoms. The van der Waals surface area contributed by atoms with Gasteiger partial charge in [-0.15, -0.1) is 0 Å². The molecule has 0 amide bonds. The van der Waals surface area contributed by atoms with Crippen molar-refractivity contribution in [3.8, 4) is 0 Å². The lowest BCUT2D eigenvalue weighted by Crippen LogP contribution is -2.45. The van der Waals surface area contributed by atoms with Crippen LogP contribution in [0.25, 0.3) is 10.9 Å². The number of hydrogen-bond donors (Lipinski definition) is 2. The standard InChI is InChI=1S/C23H20FN3OS/c24-17-4-1-15(2-5-17)23(28)20-12-26-21-6-3-16(11-19(20)21)22-13-27(9-8-25-22)18-7-10-29-14-18/h1-7,10-12,14,22,25-26H,8-9,13H2. The summed E-state index contributed by atoms with van der Waals surface area (Å²) in [6, 6.07) is 14.3. The van der Waals surface area contributed by atoms with Crippen LogP contribution in [0.15, 0.2) is 65.5 Å². The molecule has 29 heavy (non-hydrogen) atoms. The Kier molecular flexibility index (Phi) is 4.66. The first-order valence-electron chi connectivity index (χ1n) is 9.61. The van der Waals surface area contributed by atoms with Crippen molar-refractivity contribution in [2.24, 2.45) is 0 Å². The van der Waals surface area contributed by atoms with E-state index in [-0.39, 0.29) is 17.6 Å². The minimum Gasteiger partial charge on any atom is -0.368 e. The molecule has 1 aliphatic rings. The predicted molar refractivity (Wildman–Crippen MR) is 115 cm³/mol. The third kappa shape index (κ3) is 3.45. The number of ketones is 1. The maximum Gasteiger partial charge on any atom is 0.195 e. The van der Waals surface area contributed by atoms with E-state index in [0.29, 0.717) is 11.1 Å². The zero-order valence-electron chi connectivity index (χ0n) is 15.7. The van der Waals surface area contributed by atoms with E-state index in [1.807, 2.05) is 6.07 Å². The van der Waals surface area contributed by atoms with Gasteiger partial charge in [0.25, 0.3) is 0 Å². The molecule has 0 spiro atoms. The minimum absolute atomic E-state index is 0.107. The average Bonchev–Trinajstić information content (AvgIpc) is 3.44. The number of nitrogens with one attached hydrogen (secondary N) is 2. The Hall–Kier alpha value is -2.96. The molecule has 2 N–H and O–H groups in total. The first-order valence-corrected chi connectivity index (χ1v) is 10.5. The first kappa shape index (κ1) is 18.1. The summed E-state index contributed by atoms with van der Waals surface area (Å²) in [7, 11) is 0. The van der Waals surface area contributed by atoms with Crippen LogP contribution in [0.1, 0.15) is 27.5 Å². The van der Waals surface area contributed by atoms with Crippen LogP contribution in [0.2, 0.25) is 0 Å². The monoisotopic (exact) mass is 405 g/mol. The quantitative estimate of drug-likeness (QED) is 0.482. The fourth-order valence-electron chi connectivity index (χ4n) is 3.94. The second-order valence-corrected chi connectivity index (χ2v) is 8.06. The summed E-state index contributed by atoms with van der Waals surface area (Å²) < 4.78 is 13.2. The van der Waals surface area contributed by atoms with Gasteiger partial charge in [-0.25, -0.2) is 4.39 Å². The molecule has 0 bridgehead atoms. The molecule has 1 unspecified atom stereocenters. The van der Waals surface area contributed by atoms with Gasteiger partial charge >= 0.3 is 0 Å². The van der Waals surface area contributed by atoms with Crippen LogP contribution in [-0.4, -0.2) is 30.4 Å². The SMILES string of the molecule is O=C(c1ccc(F)cc1)c1c[nH]c2ccc(C3CN(c4ccsc4)CCN3)cc12. The number of H-pyrrole nitrogens is 1. The van der Waals surface area contributed by atoms with Crippen molar-refractivity contribution >= 4 is 33.7 Å². The smallest absolute Gasteiger partial charge is 0.195 e. The average molecular weight is 405 g/mol. The van der Waals surface area contributed by atoms with Crippen LogP contribution in [0, 0.1) is 5.82 Å². The molecule has 1 saturated heterocycles. The third-order valence-electron chi connectivity index (χ3n) is 5.51. The van der Waals surface area contributed by atoms with Gasteiger partial charge in [-0.05, 0) is 53.4 Å². The number of fused-ring (bicyclic) bond motifs is 1. The van der Waals surface area contributed by atoms with Crippen LogP contribution in [0.4, 0.5) is 10.1 Å². The molecule has 5 rings (SSSR count). The van der Waals surface area contributed by atoms with E-state index in [2.05, 4.69) is 44.2 Å². The van der Waals surface area contributed by atoms with Crippen LogP contribution < -0.4 is 10.2 Å². The highest BCUT2D eigenvalue weighted by atomic mass is 32.1. The van der Waals surface area contributed by atoms with Crippen molar-refractivity contribution in [1.29, 1.82) is 0 Å². The fraction of sp³-hybridized carbons (Fsp3) is 0.174. The summed E-state index contributed by atoms with van der Waals surface area (Å²) in [6.45, 7) is 2.77. The number of thiophene rings is 1. The van der Waals surface area contributed by atoms with Gasteiger partial charge in [-0.1, -0.05) is 6.07 Å². The van der Waals surface area contributed by atoms with Crippen molar-refractivity contribution < 1.29 is 9.18 Å². The van der Waals surface area contributed by atoms with Crippen LogP contribution in [-0.2, 0) is 0 Å². The zero-order chi connectivity index (χ0) is 19.8. The van der Waals surface area contributed by atoms with Gasteiger partial charge < -0.3 is 15.2 Å². The van der Waals surface area contributed by atoms with E-state index in [9.17, 15) is 9.18 Å². The van der Waals surface area contributed by atoms with Gasteiger partial charge in [0.05, 0.1) is 0 Å². The van der Waals surface area contributed by atoms with E-state index in [4.69, 9.17) is 0 Å². The molecule has 1 fully saturated rings. The number of aromatic nitrogens is 1. The topological polar surface area (TPSA) is 48.1 Å². The minimum atomic E-state index is -0.346. The third-order valence-corrected chi connectivity index (χ3v) is 6.18. The highest BCUT2D eigenvalue weighted by Gasteiger charge is 2.22. The van der Waals surface area contributed by atoms with Gasteiger partial charge in [0.2, 0.25) is 0 Å². The number of carbonyl (C=O) groups is 1. The van der Waals surface area contributed by atoms with Crippen LogP contribution in [0.3, 0.4) is 0 Å². The Morgan fingerprint density at radius 2 is 2.00 bits per heavy atom. The molecule has 4 aromatic rings. The molecule has 2 aromatic heterocycles. The molecule has 0 saturated carbocycles. The number of carbonyl (C=O) groups excluding carboxylic acids is 1. The lowest BCUT2D eigenvalue weighted by atomic mass is 9.98. The Morgan fingerprint density at radius 3 is 2.79 bits per heavy atom. The summed E-state index contributed by atoms with van der Waals surface area (Å²) in [5.74, 6) is -0.453. The highest BCUT2D eigenvalue weighted by Crippen LogP contribution is 2.28. The number of benzene rings is 2. The summed E-state index contributed by atoms with van der Waals surface area (Å²) in [5, 5.41) is 8.77. The molecular weight excluding hydrogens is 385 g/mol. The maximum absolute atomic E-state index is 13.2. The van der Waals surface area contributed by atoms with Gasteiger partial charge in [0, 0.05) is 65.0 Å². The second-order valence-electron chi connectivity index (χ2n) is 7.28. The van der Waals surface area contributed by atoms with Crippen molar-refractivity contribution in [3.05, 3.63) is 88.0 Å².